The zero-order chi connectivity index (χ0) is 18.7. The van der Waals surface area contributed by atoms with Gasteiger partial charge in [0.05, 0.1) is 5.56 Å². The Morgan fingerprint density at radius 1 is 1.15 bits per heavy atom. The average Bonchev–Trinajstić information content (AvgIpc) is 2.94. The number of hydrogen-bond acceptors (Lipinski definition) is 2. The maximum absolute atomic E-state index is 13.1. The molecule has 1 fully saturated rings. The summed E-state index contributed by atoms with van der Waals surface area (Å²) in [4.78, 5) is 15.2. The lowest BCUT2D eigenvalue weighted by atomic mass is 9.96. The van der Waals surface area contributed by atoms with Gasteiger partial charge in [0.15, 0.2) is 0 Å². The number of hydrogen-bond donors (Lipinski definition) is 1. The molecule has 1 saturated heterocycles. The molecule has 0 atom stereocenters. The molecule has 1 amide bonds. The van der Waals surface area contributed by atoms with Gasteiger partial charge in [-0.2, -0.15) is 0 Å². The molecule has 3 rings (SSSR count). The third-order valence-electron chi connectivity index (χ3n) is 5.60. The van der Waals surface area contributed by atoms with Crippen molar-refractivity contribution in [2.75, 3.05) is 26.2 Å². The molecular formula is C22H31N3O. The van der Waals surface area contributed by atoms with Gasteiger partial charge in [-0.05, 0) is 70.3 Å². The molecule has 4 heteroatoms. The molecule has 4 nitrogen and oxygen atoms in total. The van der Waals surface area contributed by atoms with Gasteiger partial charge >= 0.3 is 0 Å². The van der Waals surface area contributed by atoms with Crippen LogP contribution in [-0.4, -0.2) is 41.6 Å². The van der Waals surface area contributed by atoms with Crippen LogP contribution in [0.4, 0.5) is 0 Å². The van der Waals surface area contributed by atoms with E-state index in [2.05, 4.69) is 67.9 Å². The van der Waals surface area contributed by atoms with Gasteiger partial charge in [-0.15, -0.1) is 0 Å². The highest BCUT2D eigenvalue weighted by Crippen LogP contribution is 2.25. The Bertz CT molecular complexity index is 770. The van der Waals surface area contributed by atoms with Crippen LogP contribution in [0.25, 0.3) is 5.69 Å². The second-order valence-electron chi connectivity index (χ2n) is 7.45. The average molecular weight is 354 g/mol. The number of amides is 1. The van der Waals surface area contributed by atoms with Crippen LogP contribution >= 0.6 is 0 Å². The predicted molar refractivity (Wildman–Crippen MR) is 107 cm³/mol. The summed E-state index contributed by atoms with van der Waals surface area (Å²) in [5, 5.41) is 3.43. The summed E-state index contributed by atoms with van der Waals surface area (Å²) >= 11 is 0. The first-order valence-corrected chi connectivity index (χ1v) is 9.77. The van der Waals surface area contributed by atoms with Crippen molar-refractivity contribution in [3.05, 3.63) is 52.8 Å². The first-order valence-electron chi connectivity index (χ1n) is 9.77. The van der Waals surface area contributed by atoms with Gasteiger partial charge in [0.1, 0.15) is 0 Å². The predicted octanol–water partition coefficient (Wildman–Crippen LogP) is 3.86. The fourth-order valence-corrected chi connectivity index (χ4v) is 4.02. The summed E-state index contributed by atoms with van der Waals surface area (Å²) in [6.07, 6.45) is 2.19. The standard InChI is InChI=1S/C22H31N3O/c1-5-23-15-19-10-12-24(13-11-19)22(26)20-14-17(3)25(18(20)4)21-9-7-6-8-16(21)2/h6-9,14,19,23H,5,10-13,15H2,1-4H3. The maximum atomic E-state index is 13.1. The van der Waals surface area contributed by atoms with Crippen LogP contribution in [0.1, 0.15) is 47.1 Å². The van der Waals surface area contributed by atoms with Crippen molar-refractivity contribution in [2.24, 2.45) is 5.92 Å². The quantitative estimate of drug-likeness (QED) is 0.886. The van der Waals surface area contributed by atoms with Crippen LogP contribution in [0.5, 0.6) is 0 Å². The molecule has 0 bridgehead atoms. The second kappa shape index (κ2) is 8.09. The summed E-state index contributed by atoms with van der Waals surface area (Å²) < 4.78 is 2.21. The number of carbonyl (C=O) groups excluding carboxylic acids is 1. The van der Waals surface area contributed by atoms with Gasteiger partial charge in [0, 0.05) is 30.2 Å². The Labute approximate surface area is 157 Å². The molecule has 1 aliphatic heterocycles. The Balaban J connectivity index is 1.78. The Morgan fingerprint density at radius 2 is 1.85 bits per heavy atom. The largest absolute Gasteiger partial charge is 0.339 e. The molecule has 0 unspecified atom stereocenters. The number of rotatable bonds is 5. The highest BCUT2D eigenvalue weighted by Gasteiger charge is 2.26. The SMILES string of the molecule is CCNCC1CCN(C(=O)c2cc(C)n(-c3ccccc3C)c2C)CC1. The molecule has 2 aromatic rings. The number of nitrogens with one attached hydrogen (secondary N) is 1. The Hall–Kier alpha value is -2.07. The number of benzene rings is 1. The summed E-state index contributed by atoms with van der Waals surface area (Å²) in [6, 6.07) is 10.4. The molecule has 1 N–H and O–H groups in total. The van der Waals surface area contributed by atoms with Gasteiger partial charge in [-0.25, -0.2) is 0 Å². The normalized spacial score (nSPS) is 15.5. The minimum absolute atomic E-state index is 0.180. The van der Waals surface area contributed by atoms with E-state index in [9.17, 15) is 4.79 Å². The lowest BCUT2D eigenvalue weighted by Crippen LogP contribution is -2.40. The number of piperidine rings is 1. The summed E-state index contributed by atoms with van der Waals surface area (Å²) in [6.45, 7) is 12.2. The lowest BCUT2D eigenvalue weighted by molar-refractivity contribution is 0.0689. The number of likely N-dealkylation sites (tertiary alicyclic amines) is 1. The van der Waals surface area contributed by atoms with E-state index in [1.165, 1.54) is 5.56 Å². The zero-order valence-corrected chi connectivity index (χ0v) is 16.5. The molecule has 26 heavy (non-hydrogen) atoms. The maximum Gasteiger partial charge on any atom is 0.255 e. The highest BCUT2D eigenvalue weighted by molar-refractivity contribution is 5.96. The van der Waals surface area contributed by atoms with Gasteiger partial charge in [0.25, 0.3) is 5.91 Å². The molecule has 1 aromatic heterocycles. The van der Waals surface area contributed by atoms with Crippen LogP contribution in [-0.2, 0) is 0 Å². The van der Waals surface area contributed by atoms with E-state index >= 15 is 0 Å². The summed E-state index contributed by atoms with van der Waals surface area (Å²) in [5.41, 5.74) is 5.37. The second-order valence-corrected chi connectivity index (χ2v) is 7.45. The summed E-state index contributed by atoms with van der Waals surface area (Å²) in [7, 11) is 0. The molecule has 2 heterocycles. The van der Waals surface area contributed by atoms with Crippen molar-refractivity contribution in [2.45, 2.75) is 40.5 Å². The van der Waals surface area contributed by atoms with Crippen LogP contribution in [0.3, 0.4) is 0 Å². The van der Waals surface area contributed by atoms with E-state index in [0.29, 0.717) is 5.92 Å². The van der Waals surface area contributed by atoms with Crippen molar-refractivity contribution < 1.29 is 4.79 Å². The van der Waals surface area contributed by atoms with Crippen molar-refractivity contribution in [3.8, 4) is 5.69 Å². The zero-order valence-electron chi connectivity index (χ0n) is 16.5. The smallest absolute Gasteiger partial charge is 0.255 e. The number of nitrogens with zero attached hydrogens (tertiary/aromatic N) is 2. The molecule has 0 saturated carbocycles. The molecular weight excluding hydrogens is 322 g/mol. The van der Waals surface area contributed by atoms with E-state index in [1.807, 2.05) is 4.90 Å². The van der Waals surface area contributed by atoms with Crippen LogP contribution < -0.4 is 5.32 Å². The molecule has 1 aromatic carbocycles. The number of aryl methyl sites for hydroxylation is 2. The van der Waals surface area contributed by atoms with E-state index < -0.39 is 0 Å². The van der Waals surface area contributed by atoms with E-state index in [4.69, 9.17) is 0 Å². The third kappa shape index (κ3) is 3.70. The van der Waals surface area contributed by atoms with Gasteiger partial charge in [-0.3, -0.25) is 4.79 Å². The first kappa shape index (κ1) is 18.7. The van der Waals surface area contributed by atoms with E-state index in [1.54, 1.807) is 0 Å². The lowest BCUT2D eigenvalue weighted by Gasteiger charge is -2.32. The van der Waals surface area contributed by atoms with Crippen molar-refractivity contribution in [3.63, 3.8) is 0 Å². The van der Waals surface area contributed by atoms with Crippen LogP contribution in [0.2, 0.25) is 0 Å². The highest BCUT2D eigenvalue weighted by atomic mass is 16.2. The van der Waals surface area contributed by atoms with Crippen molar-refractivity contribution >= 4 is 5.91 Å². The molecule has 0 spiro atoms. The third-order valence-corrected chi connectivity index (χ3v) is 5.60. The fourth-order valence-electron chi connectivity index (χ4n) is 4.02. The van der Waals surface area contributed by atoms with Gasteiger partial charge in [-0.1, -0.05) is 25.1 Å². The first-order chi connectivity index (χ1) is 12.5. The number of aromatic nitrogens is 1. The van der Waals surface area contributed by atoms with Crippen molar-refractivity contribution in [1.29, 1.82) is 0 Å². The topological polar surface area (TPSA) is 37.3 Å². The van der Waals surface area contributed by atoms with Gasteiger partial charge < -0.3 is 14.8 Å². The van der Waals surface area contributed by atoms with E-state index in [0.717, 1.165) is 61.7 Å². The van der Waals surface area contributed by atoms with E-state index in [-0.39, 0.29) is 5.91 Å². The number of carbonyl (C=O) groups is 1. The molecule has 140 valence electrons. The van der Waals surface area contributed by atoms with Crippen molar-refractivity contribution in [1.82, 2.24) is 14.8 Å². The Kier molecular flexibility index (Phi) is 5.82. The minimum Gasteiger partial charge on any atom is -0.339 e. The molecule has 0 radical (unpaired) electrons. The molecule has 0 aliphatic carbocycles. The minimum atomic E-state index is 0.180. The van der Waals surface area contributed by atoms with Crippen LogP contribution in [0, 0.1) is 26.7 Å². The Morgan fingerprint density at radius 3 is 2.50 bits per heavy atom. The fraction of sp³-hybridized carbons (Fsp3) is 0.500. The van der Waals surface area contributed by atoms with Gasteiger partial charge in [0.2, 0.25) is 0 Å². The molecule has 1 aliphatic rings. The number of para-hydroxylation sites is 1. The monoisotopic (exact) mass is 353 g/mol. The summed E-state index contributed by atoms with van der Waals surface area (Å²) in [5.74, 6) is 0.873. The van der Waals surface area contributed by atoms with Crippen LogP contribution in [0.15, 0.2) is 30.3 Å².